The van der Waals surface area contributed by atoms with Crippen LogP contribution in [0.3, 0.4) is 0 Å². The standard InChI is InChI=1S/C13H18N2O2/c1-13(2,3)17-15-10-11-5-4-6-12(9-11)16-8-7-14/h4-6,9,15H,8,10H2,1-3H3. The summed E-state index contributed by atoms with van der Waals surface area (Å²) in [4.78, 5) is 5.41. The zero-order valence-electron chi connectivity index (χ0n) is 10.5. The maximum Gasteiger partial charge on any atom is 0.174 e. The van der Waals surface area contributed by atoms with E-state index in [2.05, 4.69) is 5.48 Å². The van der Waals surface area contributed by atoms with Crippen molar-refractivity contribution in [1.29, 1.82) is 5.26 Å². The molecule has 0 aliphatic rings. The Labute approximate surface area is 102 Å². The fourth-order valence-electron chi connectivity index (χ4n) is 1.20. The summed E-state index contributed by atoms with van der Waals surface area (Å²) in [6.45, 7) is 6.60. The van der Waals surface area contributed by atoms with Crippen molar-refractivity contribution in [1.82, 2.24) is 5.48 Å². The molecule has 0 aromatic heterocycles. The van der Waals surface area contributed by atoms with Crippen molar-refractivity contribution < 1.29 is 9.57 Å². The zero-order valence-corrected chi connectivity index (χ0v) is 10.5. The molecule has 0 atom stereocenters. The number of nitrogens with zero attached hydrogens (tertiary/aromatic N) is 1. The maximum atomic E-state index is 8.42. The van der Waals surface area contributed by atoms with Crippen molar-refractivity contribution >= 4 is 0 Å². The van der Waals surface area contributed by atoms with Crippen molar-refractivity contribution in [3.63, 3.8) is 0 Å². The SMILES string of the molecule is CC(C)(C)ONCc1cccc(OCC#N)c1. The molecule has 4 nitrogen and oxygen atoms in total. The van der Waals surface area contributed by atoms with Gasteiger partial charge in [0.1, 0.15) is 11.8 Å². The lowest BCUT2D eigenvalue weighted by atomic mass is 10.2. The molecule has 4 heteroatoms. The normalized spacial score (nSPS) is 10.9. The van der Waals surface area contributed by atoms with E-state index in [-0.39, 0.29) is 12.2 Å². The van der Waals surface area contributed by atoms with E-state index in [1.807, 2.05) is 51.1 Å². The van der Waals surface area contributed by atoms with Crippen LogP contribution < -0.4 is 10.2 Å². The lowest BCUT2D eigenvalue weighted by Crippen LogP contribution is -2.28. The molecular formula is C13H18N2O2. The highest BCUT2D eigenvalue weighted by molar-refractivity contribution is 5.28. The van der Waals surface area contributed by atoms with E-state index >= 15 is 0 Å². The minimum atomic E-state index is -0.213. The van der Waals surface area contributed by atoms with Gasteiger partial charge >= 0.3 is 0 Å². The molecule has 0 aliphatic heterocycles. The van der Waals surface area contributed by atoms with Gasteiger partial charge in [-0.1, -0.05) is 12.1 Å². The van der Waals surface area contributed by atoms with Gasteiger partial charge in [-0.05, 0) is 38.5 Å². The summed E-state index contributed by atoms with van der Waals surface area (Å²) in [6.07, 6.45) is 0. The molecule has 0 bridgehead atoms. The molecule has 17 heavy (non-hydrogen) atoms. The van der Waals surface area contributed by atoms with E-state index in [0.29, 0.717) is 12.3 Å². The number of benzene rings is 1. The van der Waals surface area contributed by atoms with Crippen LogP contribution in [-0.2, 0) is 11.4 Å². The average Bonchev–Trinajstić information content (AvgIpc) is 2.25. The monoisotopic (exact) mass is 234 g/mol. The molecule has 0 amide bonds. The molecule has 0 saturated heterocycles. The third kappa shape index (κ3) is 5.91. The smallest absolute Gasteiger partial charge is 0.174 e. The topological polar surface area (TPSA) is 54.3 Å². The molecule has 92 valence electrons. The fraction of sp³-hybridized carbons (Fsp3) is 0.462. The highest BCUT2D eigenvalue weighted by atomic mass is 16.7. The van der Waals surface area contributed by atoms with Gasteiger partial charge in [-0.15, -0.1) is 0 Å². The van der Waals surface area contributed by atoms with Gasteiger partial charge in [0.15, 0.2) is 6.61 Å². The highest BCUT2D eigenvalue weighted by Crippen LogP contribution is 2.13. The minimum Gasteiger partial charge on any atom is -0.479 e. The van der Waals surface area contributed by atoms with Gasteiger partial charge < -0.3 is 4.74 Å². The Hall–Kier alpha value is -1.57. The Kier molecular flexibility index (Phi) is 4.95. The second-order valence-corrected chi connectivity index (χ2v) is 4.63. The Balaban J connectivity index is 2.46. The van der Waals surface area contributed by atoms with Crippen LogP contribution in [0.4, 0.5) is 0 Å². The first-order valence-electron chi connectivity index (χ1n) is 5.51. The fourth-order valence-corrected chi connectivity index (χ4v) is 1.20. The first-order chi connectivity index (χ1) is 8.01. The summed E-state index contributed by atoms with van der Waals surface area (Å²) in [5.74, 6) is 0.696. The second kappa shape index (κ2) is 6.24. The number of hydroxylamine groups is 1. The first kappa shape index (κ1) is 13.5. The van der Waals surface area contributed by atoms with Crippen molar-refractivity contribution in [2.24, 2.45) is 0 Å². The number of nitriles is 1. The maximum absolute atomic E-state index is 8.42. The van der Waals surface area contributed by atoms with Gasteiger partial charge in [0, 0.05) is 6.54 Å². The van der Waals surface area contributed by atoms with Crippen LogP contribution in [0.2, 0.25) is 0 Å². The van der Waals surface area contributed by atoms with Crippen LogP contribution >= 0.6 is 0 Å². The van der Waals surface area contributed by atoms with E-state index in [9.17, 15) is 0 Å². The van der Waals surface area contributed by atoms with Crippen molar-refractivity contribution in [2.45, 2.75) is 32.9 Å². The van der Waals surface area contributed by atoms with Gasteiger partial charge in [0.25, 0.3) is 0 Å². The van der Waals surface area contributed by atoms with Gasteiger partial charge in [-0.2, -0.15) is 10.7 Å². The number of ether oxygens (including phenoxy) is 1. The molecule has 1 rings (SSSR count). The van der Waals surface area contributed by atoms with Crippen LogP contribution in [-0.4, -0.2) is 12.2 Å². The summed E-state index contributed by atoms with van der Waals surface area (Å²) in [7, 11) is 0. The molecular weight excluding hydrogens is 216 g/mol. The van der Waals surface area contributed by atoms with E-state index in [4.69, 9.17) is 14.8 Å². The molecule has 0 fully saturated rings. The van der Waals surface area contributed by atoms with Crippen molar-refractivity contribution in [3.05, 3.63) is 29.8 Å². The summed E-state index contributed by atoms with van der Waals surface area (Å²) in [5.41, 5.74) is 3.74. The van der Waals surface area contributed by atoms with E-state index in [1.165, 1.54) is 0 Å². The quantitative estimate of drug-likeness (QED) is 0.795. The predicted octanol–water partition coefficient (Wildman–Crippen LogP) is 2.41. The average molecular weight is 234 g/mol. The third-order valence-corrected chi connectivity index (χ3v) is 1.86. The molecule has 1 aromatic carbocycles. The molecule has 0 saturated carbocycles. The van der Waals surface area contributed by atoms with Crippen LogP contribution in [0.15, 0.2) is 24.3 Å². The van der Waals surface area contributed by atoms with Gasteiger partial charge in [-0.3, -0.25) is 4.84 Å². The molecule has 0 spiro atoms. The molecule has 0 radical (unpaired) electrons. The van der Waals surface area contributed by atoms with E-state index < -0.39 is 0 Å². The number of hydrogen-bond acceptors (Lipinski definition) is 4. The Morgan fingerprint density at radius 3 is 2.76 bits per heavy atom. The van der Waals surface area contributed by atoms with Gasteiger partial charge in [0.05, 0.1) is 5.60 Å². The second-order valence-electron chi connectivity index (χ2n) is 4.63. The Bertz CT molecular complexity index is 391. The van der Waals surface area contributed by atoms with E-state index in [1.54, 1.807) is 0 Å². The largest absolute Gasteiger partial charge is 0.479 e. The van der Waals surface area contributed by atoms with Crippen molar-refractivity contribution in [2.75, 3.05) is 6.61 Å². The third-order valence-electron chi connectivity index (χ3n) is 1.86. The number of rotatable bonds is 5. The van der Waals surface area contributed by atoms with Gasteiger partial charge in [0.2, 0.25) is 0 Å². The zero-order chi connectivity index (χ0) is 12.7. The van der Waals surface area contributed by atoms with E-state index in [0.717, 1.165) is 5.56 Å². The van der Waals surface area contributed by atoms with Crippen LogP contribution in [0.25, 0.3) is 0 Å². The summed E-state index contributed by atoms with van der Waals surface area (Å²) < 4.78 is 5.21. The molecule has 1 aromatic rings. The van der Waals surface area contributed by atoms with Crippen LogP contribution in [0.5, 0.6) is 5.75 Å². The Morgan fingerprint density at radius 2 is 2.12 bits per heavy atom. The number of nitrogens with one attached hydrogen (secondary N) is 1. The summed E-state index contributed by atoms with van der Waals surface area (Å²) >= 11 is 0. The summed E-state index contributed by atoms with van der Waals surface area (Å²) in [6, 6.07) is 9.51. The predicted molar refractivity (Wildman–Crippen MR) is 65.2 cm³/mol. The molecule has 1 N–H and O–H groups in total. The lowest BCUT2D eigenvalue weighted by Gasteiger charge is -2.19. The molecule has 0 heterocycles. The van der Waals surface area contributed by atoms with Gasteiger partial charge in [-0.25, -0.2) is 0 Å². The van der Waals surface area contributed by atoms with Crippen LogP contribution in [0.1, 0.15) is 26.3 Å². The van der Waals surface area contributed by atoms with Crippen LogP contribution in [0, 0.1) is 11.3 Å². The van der Waals surface area contributed by atoms with Crippen molar-refractivity contribution in [3.8, 4) is 11.8 Å². The molecule has 0 unspecified atom stereocenters. The Morgan fingerprint density at radius 1 is 1.35 bits per heavy atom. The first-order valence-corrected chi connectivity index (χ1v) is 5.51. The minimum absolute atomic E-state index is 0.0649. The highest BCUT2D eigenvalue weighted by Gasteiger charge is 2.09. The molecule has 0 aliphatic carbocycles. The number of hydrogen-bond donors (Lipinski definition) is 1. The summed E-state index contributed by atoms with van der Waals surface area (Å²) in [5, 5.41) is 8.42. The lowest BCUT2D eigenvalue weighted by molar-refractivity contribution is -0.0757.